The summed E-state index contributed by atoms with van der Waals surface area (Å²) in [6.45, 7) is 3.82. The minimum atomic E-state index is -0.297. The summed E-state index contributed by atoms with van der Waals surface area (Å²) in [5, 5.41) is 6.59. The van der Waals surface area contributed by atoms with Gasteiger partial charge in [-0.2, -0.15) is 5.10 Å². The van der Waals surface area contributed by atoms with E-state index in [4.69, 9.17) is 23.7 Å². The Bertz CT molecular complexity index is 851. The lowest BCUT2D eigenvalue weighted by atomic mass is 10.2. The van der Waals surface area contributed by atoms with E-state index < -0.39 is 0 Å². The zero-order chi connectivity index (χ0) is 21.2. The molecule has 0 radical (unpaired) electrons. The number of hydrogen-bond donors (Lipinski definition) is 1. The number of esters is 1. The van der Waals surface area contributed by atoms with E-state index in [9.17, 15) is 4.79 Å². The standard InChI is InChI=1S/C20H25N3O6S/c1-3-26-18(24)11-15-13-30-20(22-15)23-21-12-14-4-5-16(25-2)17(10-14)27-7-6-19-28-8-9-29-19/h4-5,10,12-13,19H,3,6-9,11H2,1-2H3,(H,22,23). The van der Waals surface area contributed by atoms with Crippen LogP contribution in [0.25, 0.3) is 0 Å². The number of rotatable bonds is 11. The van der Waals surface area contributed by atoms with Gasteiger partial charge in [0.25, 0.3) is 0 Å². The molecule has 0 atom stereocenters. The minimum Gasteiger partial charge on any atom is -0.493 e. The molecule has 3 rings (SSSR count). The number of nitrogens with one attached hydrogen (secondary N) is 1. The SMILES string of the molecule is CCOC(=O)Cc1csc(NN=Cc2ccc(OC)c(OCCC3OCCO3)c2)n1. The Morgan fingerprint density at radius 2 is 2.20 bits per heavy atom. The Labute approximate surface area is 179 Å². The topological polar surface area (TPSA) is 101 Å². The number of benzene rings is 1. The molecule has 0 amide bonds. The van der Waals surface area contributed by atoms with Gasteiger partial charge in [0.2, 0.25) is 5.13 Å². The average Bonchev–Trinajstić information content (AvgIpc) is 3.41. The summed E-state index contributed by atoms with van der Waals surface area (Å²) in [5.41, 5.74) is 4.34. The maximum absolute atomic E-state index is 11.5. The fraction of sp³-hybridized carbons (Fsp3) is 0.450. The third kappa shape index (κ3) is 6.68. The van der Waals surface area contributed by atoms with Crippen LogP contribution in [0.1, 0.15) is 24.6 Å². The summed E-state index contributed by atoms with van der Waals surface area (Å²) >= 11 is 1.36. The third-order valence-corrected chi connectivity index (χ3v) is 4.84. The first-order valence-corrected chi connectivity index (χ1v) is 10.5. The Morgan fingerprint density at radius 3 is 2.97 bits per heavy atom. The second-order valence-electron chi connectivity index (χ2n) is 6.21. The van der Waals surface area contributed by atoms with Crippen molar-refractivity contribution >= 4 is 28.7 Å². The maximum atomic E-state index is 11.5. The van der Waals surface area contributed by atoms with Crippen LogP contribution < -0.4 is 14.9 Å². The van der Waals surface area contributed by atoms with Crippen molar-refractivity contribution in [1.82, 2.24) is 4.98 Å². The van der Waals surface area contributed by atoms with Gasteiger partial charge in [0, 0.05) is 11.8 Å². The highest BCUT2D eigenvalue weighted by molar-refractivity contribution is 7.13. The molecular weight excluding hydrogens is 410 g/mol. The molecule has 2 heterocycles. The number of anilines is 1. The molecule has 30 heavy (non-hydrogen) atoms. The number of carbonyl (C=O) groups is 1. The molecule has 0 unspecified atom stereocenters. The largest absolute Gasteiger partial charge is 0.493 e. The lowest BCUT2D eigenvalue weighted by Gasteiger charge is -2.13. The molecule has 0 aliphatic carbocycles. The molecule has 0 bridgehead atoms. The van der Waals surface area contributed by atoms with Gasteiger partial charge in [-0.05, 0) is 30.7 Å². The molecule has 162 valence electrons. The molecule has 1 N–H and O–H groups in total. The summed E-state index contributed by atoms with van der Waals surface area (Å²) in [6.07, 6.45) is 2.23. The van der Waals surface area contributed by atoms with Crippen LogP contribution in [0.5, 0.6) is 11.5 Å². The van der Waals surface area contributed by atoms with E-state index >= 15 is 0 Å². The number of nitrogens with zero attached hydrogens (tertiary/aromatic N) is 2. The van der Waals surface area contributed by atoms with E-state index in [1.165, 1.54) is 11.3 Å². The number of thiazole rings is 1. The second kappa shape index (κ2) is 11.5. The molecule has 10 heteroatoms. The molecule has 1 aliphatic rings. The number of aromatic nitrogens is 1. The van der Waals surface area contributed by atoms with Crippen molar-refractivity contribution < 1.29 is 28.5 Å². The van der Waals surface area contributed by atoms with Crippen molar-refractivity contribution in [3.05, 3.63) is 34.8 Å². The first-order chi connectivity index (χ1) is 14.7. The zero-order valence-electron chi connectivity index (χ0n) is 17.0. The Balaban J connectivity index is 1.53. The molecule has 1 aromatic heterocycles. The lowest BCUT2D eigenvalue weighted by Crippen LogP contribution is -2.13. The van der Waals surface area contributed by atoms with Crippen LogP contribution in [0.15, 0.2) is 28.7 Å². The van der Waals surface area contributed by atoms with E-state index in [0.717, 1.165) is 5.56 Å². The normalized spacial score (nSPS) is 14.2. The summed E-state index contributed by atoms with van der Waals surface area (Å²) in [6, 6.07) is 5.53. The monoisotopic (exact) mass is 435 g/mol. The minimum absolute atomic E-state index is 0.145. The molecule has 1 fully saturated rings. The second-order valence-corrected chi connectivity index (χ2v) is 7.07. The van der Waals surface area contributed by atoms with Crippen LogP contribution in [-0.4, -0.2) is 57.0 Å². The fourth-order valence-electron chi connectivity index (χ4n) is 2.69. The molecule has 0 spiro atoms. The highest BCUT2D eigenvalue weighted by Crippen LogP contribution is 2.28. The maximum Gasteiger partial charge on any atom is 0.311 e. The zero-order valence-corrected chi connectivity index (χ0v) is 17.8. The van der Waals surface area contributed by atoms with Crippen LogP contribution >= 0.6 is 11.3 Å². The van der Waals surface area contributed by atoms with E-state index in [0.29, 0.717) is 55.2 Å². The Hall–Kier alpha value is -2.69. The van der Waals surface area contributed by atoms with E-state index in [2.05, 4.69) is 15.5 Å². The van der Waals surface area contributed by atoms with Gasteiger partial charge in [-0.1, -0.05) is 0 Å². The van der Waals surface area contributed by atoms with Crippen LogP contribution in [0.3, 0.4) is 0 Å². The fourth-order valence-corrected chi connectivity index (χ4v) is 3.35. The van der Waals surface area contributed by atoms with Gasteiger partial charge in [-0.3, -0.25) is 10.2 Å². The van der Waals surface area contributed by atoms with Crippen LogP contribution in [0.4, 0.5) is 5.13 Å². The molecular formula is C20H25N3O6S. The summed E-state index contributed by atoms with van der Waals surface area (Å²) < 4.78 is 26.9. The van der Waals surface area contributed by atoms with E-state index in [1.54, 1.807) is 25.6 Å². The highest BCUT2D eigenvalue weighted by atomic mass is 32.1. The summed E-state index contributed by atoms with van der Waals surface area (Å²) in [7, 11) is 1.59. The van der Waals surface area contributed by atoms with Gasteiger partial charge < -0.3 is 23.7 Å². The number of hydrazone groups is 1. The first kappa shape index (κ1) is 22.0. The Kier molecular flexibility index (Phi) is 8.42. The van der Waals surface area contributed by atoms with E-state index in [1.807, 2.05) is 18.2 Å². The number of hydrogen-bond acceptors (Lipinski definition) is 10. The third-order valence-electron chi connectivity index (χ3n) is 4.05. The van der Waals surface area contributed by atoms with Crippen LogP contribution in [-0.2, 0) is 25.4 Å². The number of ether oxygens (including phenoxy) is 5. The Morgan fingerprint density at radius 1 is 1.37 bits per heavy atom. The predicted octanol–water partition coefficient (Wildman–Crippen LogP) is 2.85. The van der Waals surface area contributed by atoms with Crippen LogP contribution in [0, 0.1) is 0 Å². The van der Waals surface area contributed by atoms with Gasteiger partial charge in [0.15, 0.2) is 17.8 Å². The van der Waals surface area contributed by atoms with Gasteiger partial charge in [-0.25, -0.2) is 4.98 Å². The van der Waals surface area contributed by atoms with Crippen molar-refractivity contribution in [2.75, 3.05) is 39.0 Å². The highest BCUT2D eigenvalue weighted by Gasteiger charge is 2.16. The van der Waals surface area contributed by atoms with Gasteiger partial charge >= 0.3 is 5.97 Å². The van der Waals surface area contributed by atoms with Crippen molar-refractivity contribution in [2.45, 2.75) is 26.1 Å². The van der Waals surface area contributed by atoms with Crippen molar-refractivity contribution in [3.63, 3.8) is 0 Å². The van der Waals surface area contributed by atoms with Gasteiger partial charge in [0.05, 0.1) is 51.9 Å². The van der Waals surface area contributed by atoms with Crippen molar-refractivity contribution in [2.24, 2.45) is 5.10 Å². The summed E-state index contributed by atoms with van der Waals surface area (Å²) in [5.74, 6) is 0.956. The molecule has 1 aliphatic heterocycles. The molecule has 9 nitrogen and oxygen atoms in total. The average molecular weight is 436 g/mol. The lowest BCUT2D eigenvalue weighted by molar-refractivity contribution is -0.142. The smallest absolute Gasteiger partial charge is 0.311 e. The van der Waals surface area contributed by atoms with E-state index in [-0.39, 0.29) is 18.7 Å². The molecule has 0 saturated carbocycles. The molecule has 2 aromatic rings. The molecule has 1 saturated heterocycles. The van der Waals surface area contributed by atoms with Gasteiger partial charge in [-0.15, -0.1) is 11.3 Å². The van der Waals surface area contributed by atoms with Crippen molar-refractivity contribution in [1.29, 1.82) is 0 Å². The van der Waals surface area contributed by atoms with Crippen LogP contribution in [0.2, 0.25) is 0 Å². The quantitative estimate of drug-likeness (QED) is 0.327. The number of methoxy groups -OCH3 is 1. The molecule has 1 aromatic carbocycles. The number of carbonyl (C=O) groups excluding carboxylic acids is 1. The predicted molar refractivity (Wildman–Crippen MR) is 112 cm³/mol. The summed E-state index contributed by atoms with van der Waals surface area (Å²) in [4.78, 5) is 15.8. The first-order valence-electron chi connectivity index (χ1n) is 9.61. The van der Waals surface area contributed by atoms with Gasteiger partial charge in [0.1, 0.15) is 0 Å². The van der Waals surface area contributed by atoms with Crippen molar-refractivity contribution in [3.8, 4) is 11.5 Å².